The fourth-order valence-corrected chi connectivity index (χ4v) is 0.828. The van der Waals surface area contributed by atoms with E-state index in [1.165, 1.54) is 5.56 Å². The normalized spacial score (nSPS) is 9.80. The molecule has 0 unspecified atom stereocenters. The number of nitrogens with zero attached hydrogens (tertiary/aromatic N) is 1. The Labute approximate surface area is 60.8 Å². The zero-order valence-corrected chi connectivity index (χ0v) is 6.12. The van der Waals surface area contributed by atoms with E-state index >= 15 is 0 Å². The SMILES string of the molecule is C[n+]1ccc(CCO)cc1. The molecule has 0 aromatic carbocycles. The van der Waals surface area contributed by atoms with Gasteiger partial charge in [-0.15, -0.1) is 0 Å². The highest BCUT2D eigenvalue weighted by Gasteiger charge is 1.92. The van der Waals surface area contributed by atoms with Crippen LogP contribution in [0, 0.1) is 0 Å². The number of hydrogen-bond acceptors (Lipinski definition) is 1. The van der Waals surface area contributed by atoms with E-state index in [-0.39, 0.29) is 6.61 Å². The zero-order chi connectivity index (χ0) is 7.40. The highest BCUT2D eigenvalue weighted by Crippen LogP contribution is 1.94. The fourth-order valence-electron chi connectivity index (χ4n) is 0.828. The number of aliphatic hydroxyl groups excluding tert-OH is 1. The van der Waals surface area contributed by atoms with Crippen molar-refractivity contribution < 1.29 is 9.67 Å². The average molecular weight is 138 g/mol. The molecule has 1 aromatic rings. The maximum atomic E-state index is 8.58. The van der Waals surface area contributed by atoms with Crippen molar-refractivity contribution in [1.82, 2.24) is 0 Å². The van der Waals surface area contributed by atoms with Crippen LogP contribution in [0.5, 0.6) is 0 Å². The Balaban J connectivity index is 2.69. The van der Waals surface area contributed by atoms with Gasteiger partial charge in [-0.2, -0.15) is 0 Å². The number of hydrogen-bond donors (Lipinski definition) is 1. The quantitative estimate of drug-likeness (QED) is 0.573. The first kappa shape index (κ1) is 7.22. The lowest BCUT2D eigenvalue weighted by Crippen LogP contribution is -2.26. The first-order valence-electron chi connectivity index (χ1n) is 3.38. The van der Waals surface area contributed by atoms with E-state index in [0.29, 0.717) is 0 Å². The minimum absolute atomic E-state index is 0.230. The van der Waals surface area contributed by atoms with E-state index in [2.05, 4.69) is 0 Å². The van der Waals surface area contributed by atoms with Crippen LogP contribution in [0.15, 0.2) is 24.5 Å². The second-order valence-corrected chi connectivity index (χ2v) is 2.35. The molecule has 0 aliphatic heterocycles. The number of aliphatic hydroxyl groups is 1. The van der Waals surface area contributed by atoms with Gasteiger partial charge in [-0.05, 0) is 12.0 Å². The summed E-state index contributed by atoms with van der Waals surface area (Å²) in [5.41, 5.74) is 1.18. The second kappa shape index (κ2) is 3.32. The molecular formula is C8H12NO+. The molecule has 54 valence electrons. The van der Waals surface area contributed by atoms with Crippen LogP contribution in [-0.4, -0.2) is 11.7 Å². The molecule has 0 fully saturated rings. The Hall–Kier alpha value is -0.890. The Morgan fingerprint density at radius 2 is 2.00 bits per heavy atom. The molecule has 1 N–H and O–H groups in total. The summed E-state index contributed by atoms with van der Waals surface area (Å²) in [4.78, 5) is 0. The van der Waals surface area contributed by atoms with Crippen LogP contribution < -0.4 is 4.57 Å². The lowest BCUT2D eigenvalue weighted by atomic mass is 10.2. The molecule has 0 aliphatic rings. The van der Waals surface area contributed by atoms with Crippen LogP contribution in [-0.2, 0) is 13.5 Å². The first-order valence-corrected chi connectivity index (χ1v) is 3.38. The van der Waals surface area contributed by atoms with Crippen molar-refractivity contribution in [2.45, 2.75) is 6.42 Å². The van der Waals surface area contributed by atoms with Crippen LogP contribution in [0.4, 0.5) is 0 Å². The highest BCUT2D eigenvalue weighted by molar-refractivity contribution is 5.06. The summed E-state index contributed by atoms with van der Waals surface area (Å²) < 4.78 is 1.97. The number of aromatic nitrogens is 1. The van der Waals surface area contributed by atoms with Crippen molar-refractivity contribution in [3.63, 3.8) is 0 Å². The molecule has 0 spiro atoms. The van der Waals surface area contributed by atoms with Crippen LogP contribution in [0.25, 0.3) is 0 Å². The summed E-state index contributed by atoms with van der Waals surface area (Å²) in [6.45, 7) is 0.230. The number of pyridine rings is 1. The summed E-state index contributed by atoms with van der Waals surface area (Å²) in [6, 6.07) is 4.02. The van der Waals surface area contributed by atoms with E-state index < -0.39 is 0 Å². The lowest BCUT2D eigenvalue weighted by Gasteiger charge is -1.93. The Kier molecular flexibility index (Phi) is 2.40. The zero-order valence-electron chi connectivity index (χ0n) is 6.12. The summed E-state index contributed by atoms with van der Waals surface area (Å²) >= 11 is 0. The molecule has 0 bridgehead atoms. The highest BCUT2D eigenvalue weighted by atomic mass is 16.2. The predicted molar refractivity (Wildman–Crippen MR) is 38.4 cm³/mol. The van der Waals surface area contributed by atoms with Gasteiger partial charge in [0.15, 0.2) is 12.4 Å². The van der Waals surface area contributed by atoms with Gasteiger partial charge in [0.05, 0.1) is 0 Å². The van der Waals surface area contributed by atoms with Crippen molar-refractivity contribution in [2.24, 2.45) is 7.05 Å². The third kappa shape index (κ3) is 1.81. The third-order valence-electron chi connectivity index (χ3n) is 1.45. The van der Waals surface area contributed by atoms with Gasteiger partial charge in [0.2, 0.25) is 0 Å². The second-order valence-electron chi connectivity index (χ2n) is 2.35. The lowest BCUT2D eigenvalue weighted by molar-refractivity contribution is -0.671. The molecule has 10 heavy (non-hydrogen) atoms. The van der Waals surface area contributed by atoms with E-state index in [0.717, 1.165) is 6.42 Å². The molecule has 0 atom stereocenters. The van der Waals surface area contributed by atoms with Crippen molar-refractivity contribution in [3.05, 3.63) is 30.1 Å². The Morgan fingerprint density at radius 3 is 2.50 bits per heavy atom. The number of aryl methyl sites for hydroxylation is 1. The van der Waals surface area contributed by atoms with Crippen molar-refractivity contribution in [3.8, 4) is 0 Å². The standard InChI is InChI=1S/C8H12NO/c1-9-5-2-8(3-6-9)4-7-10/h2-3,5-6,10H,4,7H2,1H3/q+1. The smallest absolute Gasteiger partial charge is 0.168 e. The van der Waals surface area contributed by atoms with E-state index in [1.807, 2.05) is 36.1 Å². The van der Waals surface area contributed by atoms with Crippen molar-refractivity contribution in [1.29, 1.82) is 0 Å². The van der Waals surface area contributed by atoms with Crippen LogP contribution in [0.1, 0.15) is 5.56 Å². The molecule has 1 aromatic heterocycles. The molecular weight excluding hydrogens is 126 g/mol. The van der Waals surface area contributed by atoms with Crippen LogP contribution in [0.2, 0.25) is 0 Å². The number of rotatable bonds is 2. The van der Waals surface area contributed by atoms with Gasteiger partial charge in [-0.25, -0.2) is 4.57 Å². The summed E-state index contributed by atoms with van der Waals surface area (Å²) in [5, 5.41) is 8.58. The molecule has 0 saturated carbocycles. The Morgan fingerprint density at radius 1 is 1.40 bits per heavy atom. The molecule has 1 heterocycles. The molecule has 0 aliphatic carbocycles. The van der Waals surface area contributed by atoms with Crippen molar-refractivity contribution >= 4 is 0 Å². The van der Waals surface area contributed by atoms with Gasteiger partial charge in [0.25, 0.3) is 0 Å². The van der Waals surface area contributed by atoms with E-state index in [4.69, 9.17) is 5.11 Å². The molecule has 0 amide bonds. The summed E-state index contributed by atoms with van der Waals surface area (Å²) in [5.74, 6) is 0. The molecule has 0 radical (unpaired) electrons. The largest absolute Gasteiger partial charge is 0.396 e. The maximum Gasteiger partial charge on any atom is 0.168 e. The van der Waals surface area contributed by atoms with E-state index in [1.54, 1.807) is 0 Å². The van der Waals surface area contributed by atoms with Gasteiger partial charge >= 0.3 is 0 Å². The predicted octanol–water partition coefficient (Wildman–Crippen LogP) is 0.0459. The van der Waals surface area contributed by atoms with Gasteiger partial charge < -0.3 is 5.11 Å². The van der Waals surface area contributed by atoms with Crippen LogP contribution in [0.3, 0.4) is 0 Å². The van der Waals surface area contributed by atoms with Gasteiger partial charge in [-0.3, -0.25) is 0 Å². The minimum Gasteiger partial charge on any atom is -0.396 e. The maximum absolute atomic E-state index is 8.58. The third-order valence-corrected chi connectivity index (χ3v) is 1.45. The molecule has 1 rings (SSSR count). The molecule has 0 saturated heterocycles. The molecule has 2 nitrogen and oxygen atoms in total. The summed E-state index contributed by atoms with van der Waals surface area (Å²) in [7, 11) is 1.97. The van der Waals surface area contributed by atoms with E-state index in [9.17, 15) is 0 Å². The fraction of sp³-hybridized carbons (Fsp3) is 0.375. The van der Waals surface area contributed by atoms with Gasteiger partial charge in [-0.1, -0.05) is 0 Å². The topological polar surface area (TPSA) is 24.1 Å². The summed E-state index contributed by atoms with van der Waals surface area (Å²) in [6.07, 6.45) is 4.71. The minimum atomic E-state index is 0.230. The monoisotopic (exact) mass is 138 g/mol. The van der Waals surface area contributed by atoms with Crippen LogP contribution >= 0.6 is 0 Å². The average Bonchev–Trinajstić information content (AvgIpc) is 1.95. The van der Waals surface area contributed by atoms with Gasteiger partial charge in [0.1, 0.15) is 7.05 Å². The molecule has 2 heteroatoms. The van der Waals surface area contributed by atoms with Gasteiger partial charge in [0, 0.05) is 18.7 Å². The first-order chi connectivity index (χ1) is 4.83. The Bertz CT molecular complexity index is 193. The van der Waals surface area contributed by atoms with Crippen molar-refractivity contribution in [2.75, 3.05) is 6.61 Å².